The fourth-order valence-electron chi connectivity index (χ4n) is 2.69. The Balaban J connectivity index is 2.34. The highest BCUT2D eigenvalue weighted by molar-refractivity contribution is 5.26. The number of aryl methyl sites for hydroxylation is 1. The molecule has 1 atom stereocenters. The Morgan fingerprint density at radius 2 is 1.70 bits per heavy atom. The molecular weight excluding hydrogens is 249 g/mol. The minimum absolute atomic E-state index is 0.0853. The van der Waals surface area contributed by atoms with Gasteiger partial charge in [0.25, 0.3) is 0 Å². The molecule has 114 valence electrons. The molecule has 1 rings (SSSR count). The van der Waals surface area contributed by atoms with E-state index in [9.17, 15) is 4.39 Å². The lowest BCUT2D eigenvalue weighted by Gasteiger charge is -2.18. The molecule has 0 radical (unpaired) electrons. The quantitative estimate of drug-likeness (QED) is 0.555. The predicted octanol–water partition coefficient (Wildman–Crippen LogP) is 5.54. The molecule has 0 saturated heterocycles. The Morgan fingerprint density at radius 3 is 2.35 bits per heavy atom. The number of halogens is 1. The van der Waals surface area contributed by atoms with Gasteiger partial charge in [0.1, 0.15) is 5.82 Å². The number of unbranched alkanes of at least 4 members (excludes halogenated alkanes) is 6. The molecule has 1 unspecified atom stereocenters. The van der Waals surface area contributed by atoms with Crippen molar-refractivity contribution in [3.05, 3.63) is 35.1 Å². The third kappa shape index (κ3) is 6.04. The second-order valence-corrected chi connectivity index (χ2v) is 5.78. The molecule has 0 bridgehead atoms. The van der Waals surface area contributed by atoms with Crippen LogP contribution in [0.3, 0.4) is 0 Å². The van der Waals surface area contributed by atoms with Gasteiger partial charge in [0, 0.05) is 11.6 Å². The van der Waals surface area contributed by atoms with Crippen LogP contribution in [0.15, 0.2) is 18.2 Å². The van der Waals surface area contributed by atoms with Crippen LogP contribution in [0.2, 0.25) is 0 Å². The van der Waals surface area contributed by atoms with E-state index in [1.807, 2.05) is 26.1 Å². The third-order valence-corrected chi connectivity index (χ3v) is 3.97. The van der Waals surface area contributed by atoms with Crippen molar-refractivity contribution >= 4 is 0 Å². The summed E-state index contributed by atoms with van der Waals surface area (Å²) in [7, 11) is 1.92. The fourth-order valence-corrected chi connectivity index (χ4v) is 2.69. The first-order valence-electron chi connectivity index (χ1n) is 8.12. The summed E-state index contributed by atoms with van der Waals surface area (Å²) in [6, 6.07) is 5.53. The average molecular weight is 279 g/mol. The number of hydrogen-bond acceptors (Lipinski definition) is 1. The highest BCUT2D eigenvalue weighted by atomic mass is 19.1. The Bertz CT molecular complexity index is 376. The van der Waals surface area contributed by atoms with Crippen molar-refractivity contribution in [3.63, 3.8) is 0 Å². The minimum Gasteiger partial charge on any atom is -0.313 e. The summed E-state index contributed by atoms with van der Waals surface area (Å²) in [6.45, 7) is 4.26. The maximum absolute atomic E-state index is 13.9. The summed E-state index contributed by atoms with van der Waals surface area (Å²) in [4.78, 5) is 0. The van der Waals surface area contributed by atoms with Gasteiger partial charge in [-0.1, -0.05) is 69.6 Å². The van der Waals surface area contributed by atoms with Crippen molar-refractivity contribution in [1.82, 2.24) is 5.32 Å². The second kappa shape index (κ2) is 9.93. The molecule has 1 aromatic rings. The van der Waals surface area contributed by atoms with E-state index in [2.05, 4.69) is 12.2 Å². The molecule has 0 aliphatic rings. The van der Waals surface area contributed by atoms with Gasteiger partial charge in [0.2, 0.25) is 0 Å². The first kappa shape index (κ1) is 17.2. The topological polar surface area (TPSA) is 12.0 Å². The molecule has 1 aromatic carbocycles. The summed E-state index contributed by atoms with van der Waals surface area (Å²) < 4.78 is 13.9. The van der Waals surface area contributed by atoms with Crippen LogP contribution in [0.4, 0.5) is 4.39 Å². The van der Waals surface area contributed by atoms with Crippen molar-refractivity contribution in [3.8, 4) is 0 Å². The summed E-state index contributed by atoms with van der Waals surface area (Å²) >= 11 is 0. The summed E-state index contributed by atoms with van der Waals surface area (Å²) in [5.74, 6) is -0.0853. The summed E-state index contributed by atoms with van der Waals surface area (Å²) in [6.07, 6.45) is 10.1. The molecule has 2 heteroatoms. The molecule has 0 aliphatic carbocycles. The van der Waals surface area contributed by atoms with E-state index in [-0.39, 0.29) is 11.9 Å². The largest absolute Gasteiger partial charge is 0.313 e. The van der Waals surface area contributed by atoms with Crippen LogP contribution >= 0.6 is 0 Å². The van der Waals surface area contributed by atoms with Gasteiger partial charge in [0.05, 0.1) is 0 Å². The molecule has 0 heterocycles. The van der Waals surface area contributed by atoms with Gasteiger partial charge in [-0.15, -0.1) is 0 Å². The van der Waals surface area contributed by atoms with E-state index in [4.69, 9.17) is 0 Å². The molecule has 0 saturated carbocycles. The molecular formula is C18H30FN. The van der Waals surface area contributed by atoms with Crippen molar-refractivity contribution < 1.29 is 4.39 Å². The normalized spacial score (nSPS) is 12.6. The molecule has 0 fully saturated rings. The zero-order valence-electron chi connectivity index (χ0n) is 13.3. The molecule has 0 spiro atoms. The lowest BCUT2D eigenvalue weighted by Crippen LogP contribution is -2.17. The van der Waals surface area contributed by atoms with Gasteiger partial charge >= 0.3 is 0 Å². The average Bonchev–Trinajstić information content (AvgIpc) is 2.45. The monoisotopic (exact) mass is 279 g/mol. The second-order valence-electron chi connectivity index (χ2n) is 5.78. The Kier molecular flexibility index (Phi) is 8.52. The standard InChI is InChI=1S/C18H30FN/c1-4-5-6-7-8-9-10-11-18(20-3)16-14-15(2)12-13-17(16)19/h12-14,18,20H,4-11H2,1-3H3. The molecule has 0 amide bonds. The molecule has 1 nitrogen and oxygen atoms in total. The van der Waals surface area contributed by atoms with E-state index >= 15 is 0 Å². The fraction of sp³-hybridized carbons (Fsp3) is 0.667. The van der Waals surface area contributed by atoms with E-state index < -0.39 is 0 Å². The van der Waals surface area contributed by atoms with Gasteiger partial charge in [-0.25, -0.2) is 4.39 Å². The number of rotatable bonds is 10. The zero-order chi connectivity index (χ0) is 14.8. The molecule has 20 heavy (non-hydrogen) atoms. The van der Waals surface area contributed by atoms with E-state index in [1.165, 1.54) is 44.9 Å². The van der Waals surface area contributed by atoms with Gasteiger partial charge in [-0.05, 0) is 26.5 Å². The van der Waals surface area contributed by atoms with Crippen molar-refractivity contribution in [2.75, 3.05) is 7.05 Å². The zero-order valence-corrected chi connectivity index (χ0v) is 13.3. The Morgan fingerprint density at radius 1 is 1.05 bits per heavy atom. The van der Waals surface area contributed by atoms with Gasteiger partial charge in [0.15, 0.2) is 0 Å². The van der Waals surface area contributed by atoms with Crippen molar-refractivity contribution in [2.24, 2.45) is 0 Å². The lowest BCUT2D eigenvalue weighted by atomic mass is 9.98. The molecule has 0 aromatic heterocycles. The van der Waals surface area contributed by atoms with Crippen LogP contribution in [0.1, 0.15) is 75.5 Å². The van der Waals surface area contributed by atoms with Crippen LogP contribution in [0, 0.1) is 12.7 Å². The maximum atomic E-state index is 13.9. The van der Waals surface area contributed by atoms with Gasteiger partial charge < -0.3 is 5.32 Å². The predicted molar refractivity (Wildman–Crippen MR) is 85.5 cm³/mol. The molecule has 1 N–H and O–H groups in total. The van der Waals surface area contributed by atoms with Crippen LogP contribution < -0.4 is 5.32 Å². The third-order valence-electron chi connectivity index (χ3n) is 3.97. The smallest absolute Gasteiger partial charge is 0.127 e. The van der Waals surface area contributed by atoms with E-state index in [1.54, 1.807) is 6.07 Å². The summed E-state index contributed by atoms with van der Waals surface area (Å²) in [5, 5.41) is 3.26. The Labute approximate surface area is 124 Å². The van der Waals surface area contributed by atoms with Crippen LogP contribution in [0.5, 0.6) is 0 Å². The van der Waals surface area contributed by atoms with Crippen LogP contribution in [0.25, 0.3) is 0 Å². The van der Waals surface area contributed by atoms with Crippen LogP contribution in [-0.4, -0.2) is 7.05 Å². The van der Waals surface area contributed by atoms with E-state index in [0.29, 0.717) is 0 Å². The first-order chi connectivity index (χ1) is 9.69. The van der Waals surface area contributed by atoms with E-state index in [0.717, 1.165) is 17.5 Å². The highest BCUT2D eigenvalue weighted by Crippen LogP contribution is 2.23. The number of benzene rings is 1. The Hall–Kier alpha value is -0.890. The highest BCUT2D eigenvalue weighted by Gasteiger charge is 2.13. The number of hydrogen-bond donors (Lipinski definition) is 1. The SMILES string of the molecule is CCCCCCCCCC(NC)c1cc(C)ccc1F. The minimum atomic E-state index is -0.0853. The van der Waals surface area contributed by atoms with Gasteiger partial charge in [-0.2, -0.15) is 0 Å². The summed E-state index contributed by atoms with van der Waals surface area (Å²) in [5.41, 5.74) is 1.94. The van der Waals surface area contributed by atoms with Crippen molar-refractivity contribution in [2.45, 2.75) is 71.3 Å². The maximum Gasteiger partial charge on any atom is 0.127 e. The van der Waals surface area contributed by atoms with Crippen LogP contribution in [-0.2, 0) is 0 Å². The first-order valence-corrected chi connectivity index (χ1v) is 8.12. The lowest BCUT2D eigenvalue weighted by molar-refractivity contribution is 0.475. The number of nitrogens with one attached hydrogen (secondary N) is 1. The molecule has 0 aliphatic heterocycles. The van der Waals surface area contributed by atoms with Crippen molar-refractivity contribution in [1.29, 1.82) is 0 Å². The van der Waals surface area contributed by atoms with Gasteiger partial charge in [-0.3, -0.25) is 0 Å².